The standard InChI is InChI=1S/C17H17F3N6O/c1-9-22-12(8-13(23-9)17(18,19)20)15-14-11(25-26-15)2-5-21-16(14)24-10-3-6-27-7-4-10/h2,5,8,10H,3-4,6-7H2,1H3,(H,21,24)(H,25,26). The van der Waals surface area contributed by atoms with Gasteiger partial charge in [-0.15, -0.1) is 0 Å². The van der Waals surface area contributed by atoms with E-state index in [-0.39, 0.29) is 17.6 Å². The first-order valence-corrected chi connectivity index (χ1v) is 8.52. The Morgan fingerprint density at radius 2 is 2.00 bits per heavy atom. The van der Waals surface area contributed by atoms with Crippen LogP contribution in [0.2, 0.25) is 0 Å². The minimum Gasteiger partial charge on any atom is -0.381 e. The molecule has 3 aromatic rings. The van der Waals surface area contributed by atoms with E-state index in [4.69, 9.17) is 4.74 Å². The van der Waals surface area contributed by atoms with Crippen molar-refractivity contribution >= 4 is 16.7 Å². The van der Waals surface area contributed by atoms with Gasteiger partial charge in [0, 0.05) is 25.5 Å². The number of aryl methyl sites for hydroxylation is 1. The van der Waals surface area contributed by atoms with Crippen molar-refractivity contribution in [3.63, 3.8) is 0 Å². The highest BCUT2D eigenvalue weighted by Gasteiger charge is 2.34. The molecule has 4 rings (SSSR count). The molecule has 0 spiro atoms. The third-order valence-corrected chi connectivity index (χ3v) is 4.41. The van der Waals surface area contributed by atoms with Crippen LogP contribution in [0.15, 0.2) is 18.3 Å². The Kier molecular flexibility index (Phi) is 4.42. The molecule has 2 N–H and O–H groups in total. The number of H-pyrrole nitrogens is 1. The highest BCUT2D eigenvalue weighted by molar-refractivity contribution is 5.99. The van der Waals surface area contributed by atoms with Crippen LogP contribution in [0.3, 0.4) is 0 Å². The molecule has 0 amide bonds. The van der Waals surface area contributed by atoms with Crippen molar-refractivity contribution in [2.24, 2.45) is 0 Å². The van der Waals surface area contributed by atoms with Crippen LogP contribution in [0.25, 0.3) is 22.3 Å². The number of halogens is 3. The van der Waals surface area contributed by atoms with E-state index in [2.05, 4.69) is 30.5 Å². The second-order valence-corrected chi connectivity index (χ2v) is 6.37. The normalized spacial score (nSPS) is 16.0. The predicted octanol–water partition coefficient (Wildman–Crippen LogP) is 3.33. The first kappa shape index (κ1) is 17.7. The maximum Gasteiger partial charge on any atom is 0.433 e. The van der Waals surface area contributed by atoms with Crippen LogP contribution >= 0.6 is 0 Å². The van der Waals surface area contributed by atoms with Crippen molar-refractivity contribution in [1.82, 2.24) is 25.1 Å². The summed E-state index contributed by atoms with van der Waals surface area (Å²) in [7, 11) is 0. The Balaban J connectivity index is 1.80. The van der Waals surface area contributed by atoms with Crippen molar-refractivity contribution in [3.8, 4) is 11.4 Å². The van der Waals surface area contributed by atoms with Crippen molar-refractivity contribution in [3.05, 3.63) is 29.8 Å². The van der Waals surface area contributed by atoms with Crippen LogP contribution < -0.4 is 5.32 Å². The van der Waals surface area contributed by atoms with Gasteiger partial charge in [0.25, 0.3) is 0 Å². The van der Waals surface area contributed by atoms with Crippen LogP contribution in [0.4, 0.5) is 19.0 Å². The molecule has 0 saturated carbocycles. The highest BCUT2D eigenvalue weighted by Crippen LogP contribution is 2.34. The zero-order valence-corrected chi connectivity index (χ0v) is 14.5. The molecule has 0 aromatic carbocycles. The van der Waals surface area contributed by atoms with Crippen LogP contribution in [0.5, 0.6) is 0 Å². The fourth-order valence-corrected chi connectivity index (χ4v) is 3.13. The predicted molar refractivity (Wildman–Crippen MR) is 92.1 cm³/mol. The third-order valence-electron chi connectivity index (χ3n) is 4.41. The molecular weight excluding hydrogens is 361 g/mol. The summed E-state index contributed by atoms with van der Waals surface area (Å²) in [5.74, 6) is 0.590. The van der Waals surface area contributed by atoms with Gasteiger partial charge in [0.2, 0.25) is 0 Å². The van der Waals surface area contributed by atoms with Gasteiger partial charge in [-0.25, -0.2) is 15.0 Å². The van der Waals surface area contributed by atoms with E-state index in [0.29, 0.717) is 35.6 Å². The van der Waals surface area contributed by atoms with Gasteiger partial charge in [0.1, 0.15) is 23.0 Å². The molecule has 10 heteroatoms. The topological polar surface area (TPSA) is 88.6 Å². The molecule has 0 aliphatic carbocycles. The Bertz CT molecular complexity index is 965. The number of hydrogen-bond donors (Lipinski definition) is 2. The maximum atomic E-state index is 13.1. The van der Waals surface area contributed by atoms with E-state index in [1.165, 1.54) is 6.92 Å². The summed E-state index contributed by atoms with van der Waals surface area (Å²) in [4.78, 5) is 12.0. The molecule has 0 bridgehead atoms. The molecule has 0 unspecified atom stereocenters. The van der Waals surface area contributed by atoms with E-state index >= 15 is 0 Å². The van der Waals surface area contributed by atoms with E-state index in [9.17, 15) is 13.2 Å². The Hall–Kier alpha value is -2.75. The Morgan fingerprint density at radius 3 is 2.74 bits per heavy atom. The minimum absolute atomic E-state index is 0.0267. The average Bonchev–Trinajstić information content (AvgIpc) is 3.07. The van der Waals surface area contributed by atoms with E-state index < -0.39 is 11.9 Å². The smallest absolute Gasteiger partial charge is 0.381 e. The summed E-state index contributed by atoms with van der Waals surface area (Å²) in [6, 6.07) is 2.81. The molecule has 0 radical (unpaired) electrons. The number of nitrogens with zero attached hydrogens (tertiary/aromatic N) is 4. The number of aromatic nitrogens is 5. The fraction of sp³-hybridized carbons (Fsp3) is 0.412. The first-order chi connectivity index (χ1) is 12.9. The third kappa shape index (κ3) is 3.57. The summed E-state index contributed by atoms with van der Waals surface area (Å²) >= 11 is 0. The quantitative estimate of drug-likeness (QED) is 0.727. The number of ether oxygens (including phenoxy) is 1. The SMILES string of the molecule is Cc1nc(-c2n[nH]c3ccnc(NC4CCOCC4)c23)cc(C(F)(F)F)n1. The lowest BCUT2D eigenvalue weighted by Gasteiger charge is -2.24. The summed E-state index contributed by atoms with van der Waals surface area (Å²) in [6.45, 7) is 2.74. The number of hydrogen-bond acceptors (Lipinski definition) is 6. The molecule has 0 atom stereocenters. The van der Waals surface area contributed by atoms with Crippen LogP contribution in [-0.4, -0.2) is 44.4 Å². The lowest BCUT2D eigenvalue weighted by Crippen LogP contribution is -2.28. The fourth-order valence-electron chi connectivity index (χ4n) is 3.13. The Morgan fingerprint density at radius 1 is 1.22 bits per heavy atom. The van der Waals surface area contributed by atoms with E-state index in [1.807, 2.05) is 0 Å². The molecule has 142 valence electrons. The zero-order valence-electron chi connectivity index (χ0n) is 14.5. The summed E-state index contributed by atoms with van der Waals surface area (Å²) in [6.07, 6.45) is -1.28. The number of fused-ring (bicyclic) bond motifs is 1. The van der Waals surface area contributed by atoms with Gasteiger partial charge in [-0.2, -0.15) is 18.3 Å². The van der Waals surface area contributed by atoms with E-state index in [0.717, 1.165) is 18.9 Å². The van der Waals surface area contributed by atoms with Gasteiger partial charge < -0.3 is 10.1 Å². The molecule has 3 aromatic heterocycles. The zero-order chi connectivity index (χ0) is 19.0. The molecule has 1 saturated heterocycles. The van der Waals surface area contributed by atoms with Crippen LogP contribution in [0, 0.1) is 6.92 Å². The maximum absolute atomic E-state index is 13.1. The number of anilines is 1. The van der Waals surface area contributed by atoms with Gasteiger partial charge in [-0.1, -0.05) is 0 Å². The van der Waals surface area contributed by atoms with Gasteiger partial charge in [-0.3, -0.25) is 5.10 Å². The van der Waals surface area contributed by atoms with Gasteiger partial charge >= 0.3 is 6.18 Å². The molecule has 27 heavy (non-hydrogen) atoms. The van der Waals surface area contributed by atoms with Gasteiger partial charge in [0.15, 0.2) is 0 Å². The van der Waals surface area contributed by atoms with Crippen molar-refractivity contribution in [2.75, 3.05) is 18.5 Å². The number of pyridine rings is 1. The molecule has 7 nitrogen and oxygen atoms in total. The number of alkyl halides is 3. The van der Waals surface area contributed by atoms with Crippen LogP contribution in [0.1, 0.15) is 24.4 Å². The largest absolute Gasteiger partial charge is 0.433 e. The number of aromatic amines is 1. The first-order valence-electron chi connectivity index (χ1n) is 8.52. The van der Waals surface area contributed by atoms with Crippen molar-refractivity contribution in [1.29, 1.82) is 0 Å². The van der Waals surface area contributed by atoms with E-state index in [1.54, 1.807) is 12.3 Å². The van der Waals surface area contributed by atoms with Gasteiger partial charge in [-0.05, 0) is 31.9 Å². The van der Waals surface area contributed by atoms with Crippen molar-refractivity contribution in [2.45, 2.75) is 32.0 Å². The second kappa shape index (κ2) is 6.76. The van der Waals surface area contributed by atoms with Gasteiger partial charge in [0.05, 0.1) is 16.6 Å². The van der Waals surface area contributed by atoms with Crippen molar-refractivity contribution < 1.29 is 17.9 Å². The monoisotopic (exact) mass is 378 g/mol. The number of rotatable bonds is 3. The lowest BCUT2D eigenvalue weighted by molar-refractivity contribution is -0.141. The lowest BCUT2D eigenvalue weighted by atomic mass is 10.1. The molecule has 1 aliphatic rings. The average molecular weight is 378 g/mol. The summed E-state index contributed by atoms with van der Waals surface area (Å²) in [5, 5.41) is 11.0. The summed E-state index contributed by atoms with van der Waals surface area (Å²) in [5.41, 5.74) is 0.0797. The minimum atomic E-state index is -4.56. The van der Waals surface area contributed by atoms with Crippen LogP contribution in [-0.2, 0) is 10.9 Å². The molecule has 4 heterocycles. The highest BCUT2D eigenvalue weighted by atomic mass is 19.4. The molecule has 1 fully saturated rings. The molecule has 1 aliphatic heterocycles. The molecular formula is C17H17F3N6O. The second-order valence-electron chi connectivity index (χ2n) is 6.37. The Labute approximate surface area is 152 Å². The number of nitrogens with one attached hydrogen (secondary N) is 2. The summed E-state index contributed by atoms with van der Waals surface area (Å²) < 4.78 is 44.8.